The van der Waals surface area contributed by atoms with Gasteiger partial charge < -0.3 is 10.6 Å². The summed E-state index contributed by atoms with van der Waals surface area (Å²) in [5.74, 6) is -1.10. The Morgan fingerprint density at radius 2 is 2.29 bits per heavy atom. The number of hydrogen-bond acceptors (Lipinski definition) is 2. The summed E-state index contributed by atoms with van der Waals surface area (Å²) in [7, 11) is 0. The molecule has 1 aliphatic heterocycles. The molecule has 90 valence electrons. The fourth-order valence-corrected chi connectivity index (χ4v) is 1.77. The van der Waals surface area contributed by atoms with Gasteiger partial charge in [-0.2, -0.15) is 0 Å². The van der Waals surface area contributed by atoms with Crippen molar-refractivity contribution in [2.45, 2.75) is 13.3 Å². The molecule has 0 aliphatic carbocycles. The minimum atomic E-state index is -0.370. The van der Waals surface area contributed by atoms with Crippen molar-refractivity contribution < 1.29 is 14.0 Å². The molecule has 1 heterocycles. The summed E-state index contributed by atoms with van der Waals surface area (Å²) in [5, 5.41) is 5.23. The van der Waals surface area contributed by atoms with Crippen molar-refractivity contribution in [3.63, 3.8) is 0 Å². The number of carbonyl (C=O) groups is 2. The molecule has 1 fully saturated rings. The van der Waals surface area contributed by atoms with Crippen LogP contribution in [0.15, 0.2) is 18.2 Å². The van der Waals surface area contributed by atoms with E-state index in [1.807, 2.05) is 0 Å². The molecule has 2 amide bonds. The van der Waals surface area contributed by atoms with Crippen molar-refractivity contribution in [2.24, 2.45) is 5.92 Å². The average molecular weight is 236 g/mol. The van der Waals surface area contributed by atoms with Gasteiger partial charge in [0.15, 0.2) is 0 Å². The lowest BCUT2D eigenvalue weighted by Gasteiger charge is -2.11. The van der Waals surface area contributed by atoms with Crippen LogP contribution in [0.5, 0.6) is 0 Å². The Bertz CT molecular complexity index is 474. The second-order valence-corrected chi connectivity index (χ2v) is 4.11. The fraction of sp³-hybridized carbons (Fsp3) is 0.333. The van der Waals surface area contributed by atoms with Gasteiger partial charge >= 0.3 is 0 Å². The van der Waals surface area contributed by atoms with Gasteiger partial charge in [-0.25, -0.2) is 4.39 Å². The van der Waals surface area contributed by atoms with Crippen LogP contribution in [0.25, 0.3) is 0 Å². The zero-order valence-corrected chi connectivity index (χ0v) is 9.42. The zero-order chi connectivity index (χ0) is 12.4. The molecule has 4 nitrogen and oxygen atoms in total. The van der Waals surface area contributed by atoms with E-state index in [0.717, 1.165) is 0 Å². The van der Waals surface area contributed by atoms with E-state index in [9.17, 15) is 14.0 Å². The molecule has 2 N–H and O–H groups in total. The van der Waals surface area contributed by atoms with Crippen LogP contribution in [0.4, 0.5) is 10.1 Å². The molecule has 0 radical (unpaired) electrons. The Kier molecular flexibility index (Phi) is 3.08. The maximum absolute atomic E-state index is 13.3. The van der Waals surface area contributed by atoms with Crippen molar-refractivity contribution in [2.75, 3.05) is 11.9 Å². The van der Waals surface area contributed by atoms with E-state index in [0.29, 0.717) is 17.8 Å². The third-order valence-corrected chi connectivity index (χ3v) is 2.87. The quantitative estimate of drug-likeness (QED) is 0.810. The van der Waals surface area contributed by atoms with Crippen molar-refractivity contribution in [3.8, 4) is 0 Å². The Balaban J connectivity index is 2.08. The molecule has 0 saturated carbocycles. The largest absolute Gasteiger partial charge is 0.355 e. The summed E-state index contributed by atoms with van der Waals surface area (Å²) >= 11 is 0. The molecule has 17 heavy (non-hydrogen) atoms. The highest BCUT2D eigenvalue weighted by atomic mass is 19.1. The standard InChI is InChI=1S/C12H13FN2O2/c1-7-9(13)3-2-4-10(7)15-12(17)8-5-11(16)14-6-8/h2-4,8H,5-6H2,1H3,(H,14,16)(H,15,17). The Morgan fingerprint density at radius 1 is 1.53 bits per heavy atom. The van der Waals surface area contributed by atoms with Crippen LogP contribution in [0.3, 0.4) is 0 Å². The SMILES string of the molecule is Cc1c(F)cccc1NC(=O)C1CNC(=O)C1. The normalized spacial score (nSPS) is 18.9. The van der Waals surface area contributed by atoms with Gasteiger partial charge in [0, 0.05) is 24.2 Å². The van der Waals surface area contributed by atoms with Crippen molar-refractivity contribution in [1.29, 1.82) is 0 Å². The topological polar surface area (TPSA) is 58.2 Å². The van der Waals surface area contributed by atoms with E-state index in [-0.39, 0.29) is 30.0 Å². The predicted octanol–water partition coefficient (Wildman–Crippen LogP) is 1.21. The van der Waals surface area contributed by atoms with Crippen LogP contribution >= 0.6 is 0 Å². The number of benzene rings is 1. The second kappa shape index (κ2) is 4.53. The number of carbonyl (C=O) groups excluding carboxylic acids is 2. The van der Waals surface area contributed by atoms with E-state index in [1.54, 1.807) is 13.0 Å². The summed E-state index contributed by atoms with van der Waals surface area (Å²) in [5.41, 5.74) is 0.854. The average Bonchev–Trinajstić information content (AvgIpc) is 2.72. The maximum Gasteiger partial charge on any atom is 0.229 e. The van der Waals surface area contributed by atoms with Crippen molar-refractivity contribution >= 4 is 17.5 Å². The summed E-state index contributed by atoms with van der Waals surface area (Å²) in [6, 6.07) is 4.52. The number of amides is 2. The number of rotatable bonds is 2. The van der Waals surface area contributed by atoms with Gasteiger partial charge in [-0.05, 0) is 19.1 Å². The highest BCUT2D eigenvalue weighted by Crippen LogP contribution is 2.19. The molecule has 1 aromatic rings. The first-order valence-electron chi connectivity index (χ1n) is 5.40. The Hall–Kier alpha value is -1.91. The van der Waals surface area contributed by atoms with Crippen LogP contribution in [-0.4, -0.2) is 18.4 Å². The monoisotopic (exact) mass is 236 g/mol. The lowest BCUT2D eigenvalue weighted by Crippen LogP contribution is -2.25. The summed E-state index contributed by atoms with van der Waals surface area (Å²) < 4.78 is 13.3. The van der Waals surface area contributed by atoms with Crippen LogP contribution in [-0.2, 0) is 9.59 Å². The molecule has 1 aliphatic rings. The van der Waals surface area contributed by atoms with Crippen LogP contribution in [0.2, 0.25) is 0 Å². The van der Waals surface area contributed by atoms with E-state index in [4.69, 9.17) is 0 Å². The third-order valence-electron chi connectivity index (χ3n) is 2.87. The fourth-order valence-electron chi connectivity index (χ4n) is 1.77. The number of hydrogen-bond donors (Lipinski definition) is 2. The molecule has 1 aromatic carbocycles. The third kappa shape index (κ3) is 2.43. The molecule has 5 heteroatoms. The molecule has 2 rings (SSSR count). The van der Waals surface area contributed by atoms with Gasteiger partial charge in [-0.15, -0.1) is 0 Å². The number of halogens is 1. The predicted molar refractivity (Wildman–Crippen MR) is 60.9 cm³/mol. The molecular formula is C12H13FN2O2. The number of nitrogens with one attached hydrogen (secondary N) is 2. The van der Waals surface area contributed by atoms with Crippen molar-refractivity contribution in [1.82, 2.24) is 5.32 Å². The van der Waals surface area contributed by atoms with E-state index in [2.05, 4.69) is 10.6 Å². The number of anilines is 1. The van der Waals surface area contributed by atoms with E-state index < -0.39 is 0 Å². The van der Waals surface area contributed by atoms with Gasteiger partial charge in [-0.3, -0.25) is 9.59 Å². The first-order valence-corrected chi connectivity index (χ1v) is 5.40. The first kappa shape index (κ1) is 11.6. The first-order chi connectivity index (χ1) is 8.08. The smallest absolute Gasteiger partial charge is 0.229 e. The van der Waals surface area contributed by atoms with Crippen LogP contribution in [0, 0.1) is 18.7 Å². The molecule has 0 bridgehead atoms. The lowest BCUT2D eigenvalue weighted by molar-refractivity contribution is -0.123. The van der Waals surface area contributed by atoms with Gasteiger partial charge in [0.1, 0.15) is 5.82 Å². The van der Waals surface area contributed by atoms with Gasteiger partial charge in [0.05, 0.1) is 5.92 Å². The van der Waals surface area contributed by atoms with Crippen molar-refractivity contribution in [3.05, 3.63) is 29.6 Å². The minimum absolute atomic E-state index is 0.124. The Morgan fingerprint density at radius 3 is 2.94 bits per heavy atom. The molecule has 0 spiro atoms. The summed E-state index contributed by atoms with van der Waals surface area (Å²) in [6.07, 6.45) is 0.195. The summed E-state index contributed by atoms with van der Waals surface area (Å²) in [4.78, 5) is 22.8. The second-order valence-electron chi connectivity index (χ2n) is 4.11. The van der Waals surface area contributed by atoms with Gasteiger partial charge in [-0.1, -0.05) is 6.07 Å². The Labute approximate surface area is 98.2 Å². The van der Waals surface area contributed by atoms with Gasteiger partial charge in [0.25, 0.3) is 0 Å². The molecule has 0 aromatic heterocycles. The summed E-state index contributed by atoms with van der Waals surface area (Å²) in [6.45, 7) is 1.95. The molecule has 1 atom stereocenters. The molecule has 1 unspecified atom stereocenters. The van der Waals surface area contributed by atoms with Crippen LogP contribution in [0.1, 0.15) is 12.0 Å². The molecule has 1 saturated heterocycles. The maximum atomic E-state index is 13.3. The molecular weight excluding hydrogens is 223 g/mol. The van der Waals surface area contributed by atoms with Crippen LogP contribution < -0.4 is 10.6 Å². The van der Waals surface area contributed by atoms with E-state index >= 15 is 0 Å². The highest BCUT2D eigenvalue weighted by molar-refractivity contribution is 5.97. The van der Waals surface area contributed by atoms with E-state index in [1.165, 1.54) is 12.1 Å². The minimum Gasteiger partial charge on any atom is -0.355 e. The zero-order valence-electron chi connectivity index (χ0n) is 9.42. The van der Waals surface area contributed by atoms with Gasteiger partial charge in [0.2, 0.25) is 11.8 Å². The highest BCUT2D eigenvalue weighted by Gasteiger charge is 2.28. The lowest BCUT2D eigenvalue weighted by atomic mass is 10.1.